The lowest BCUT2D eigenvalue weighted by molar-refractivity contribution is 0.958. The van der Waals surface area contributed by atoms with Crippen LogP contribution in [0.5, 0.6) is 0 Å². The Morgan fingerprint density at radius 1 is 1.14 bits per heavy atom. The van der Waals surface area contributed by atoms with Gasteiger partial charge in [-0.3, -0.25) is 0 Å². The fourth-order valence-corrected chi connectivity index (χ4v) is 2.10. The average Bonchev–Trinajstić information content (AvgIpc) is 2.56. The molecule has 2 rings (SSSR count). The third-order valence-corrected chi connectivity index (χ3v) is 3.43. The largest absolute Gasteiger partial charge is 0.363 e. The van der Waals surface area contributed by atoms with Crippen molar-refractivity contribution >= 4 is 40.9 Å². The molecule has 0 radical (unpaired) electrons. The van der Waals surface area contributed by atoms with Gasteiger partial charge >= 0.3 is 0 Å². The minimum Gasteiger partial charge on any atom is -0.363 e. The molecule has 0 spiro atoms. The second-order valence-corrected chi connectivity index (χ2v) is 4.54. The van der Waals surface area contributed by atoms with Crippen LogP contribution in [0.3, 0.4) is 0 Å². The molecule has 0 aliphatic heterocycles. The van der Waals surface area contributed by atoms with Crippen LogP contribution in [-0.4, -0.2) is 11.8 Å². The standard InChI is InChI=1S/C11H11BIN/c1-14-8-4-7-11(14)12-9-5-2-3-6-10(9)13/h2-8,12H,1H3. The van der Waals surface area contributed by atoms with E-state index >= 15 is 0 Å². The second kappa shape index (κ2) is 4.21. The molecule has 0 N–H and O–H groups in total. The number of benzene rings is 1. The van der Waals surface area contributed by atoms with Crippen LogP contribution in [0, 0.1) is 3.57 Å². The third kappa shape index (κ3) is 2.03. The summed E-state index contributed by atoms with van der Waals surface area (Å²) in [7, 11) is 3.10. The summed E-state index contributed by atoms with van der Waals surface area (Å²) in [6.07, 6.45) is 2.09. The van der Waals surface area contributed by atoms with Gasteiger partial charge in [0.15, 0.2) is 0 Å². The molecule has 3 heteroatoms. The van der Waals surface area contributed by atoms with Gasteiger partial charge in [0.25, 0.3) is 0 Å². The van der Waals surface area contributed by atoms with Crippen molar-refractivity contribution in [3.05, 3.63) is 46.2 Å². The fraction of sp³-hybridized carbons (Fsp3) is 0.0909. The van der Waals surface area contributed by atoms with Gasteiger partial charge in [0.2, 0.25) is 7.28 Å². The summed E-state index contributed by atoms with van der Waals surface area (Å²) in [5.74, 6) is 0. The highest BCUT2D eigenvalue weighted by atomic mass is 127. The molecule has 70 valence electrons. The quantitative estimate of drug-likeness (QED) is 0.576. The van der Waals surface area contributed by atoms with Crippen molar-refractivity contribution in [2.45, 2.75) is 0 Å². The topological polar surface area (TPSA) is 4.93 Å². The first-order chi connectivity index (χ1) is 6.77. The molecule has 0 atom stereocenters. The van der Waals surface area contributed by atoms with Gasteiger partial charge in [0, 0.05) is 16.8 Å². The molecule has 1 heterocycles. The minimum atomic E-state index is 1.02. The summed E-state index contributed by atoms with van der Waals surface area (Å²) in [4.78, 5) is 0. The van der Waals surface area contributed by atoms with Crippen LogP contribution >= 0.6 is 22.6 Å². The highest BCUT2D eigenvalue weighted by Crippen LogP contribution is 1.99. The van der Waals surface area contributed by atoms with E-state index in [4.69, 9.17) is 0 Å². The van der Waals surface area contributed by atoms with Crippen LogP contribution < -0.4 is 11.1 Å². The highest BCUT2D eigenvalue weighted by Gasteiger charge is 2.04. The number of hydrogen-bond acceptors (Lipinski definition) is 0. The molecule has 2 aromatic rings. The van der Waals surface area contributed by atoms with E-state index in [0.29, 0.717) is 0 Å². The number of nitrogens with zero attached hydrogens (tertiary/aromatic N) is 1. The molecule has 1 aromatic heterocycles. The Labute approximate surface area is 98.5 Å². The zero-order valence-corrected chi connectivity index (χ0v) is 10.2. The maximum atomic E-state index is 2.39. The van der Waals surface area contributed by atoms with Crippen molar-refractivity contribution in [2.24, 2.45) is 7.05 Å². The van der Waals surface area contributed by atoms with E-state index in [1.54, 1.807) is 0 Å². The zero-order valence-electron chi connectivity index (χ0n) is 8.07. The molecule has 0 bridgehead atoms. The van der Waals surface area contributed by atoms with Gasteiger partial charge in [-0.2, -0.15) is 0 Å². The molecule has 0 unspecified atom stereocenters. The third-order valence-electron chi connectivity index (χ3n) is 2.38. The molecular formula is C11H11BIN. The zero-order chi connectivity index (χ0) is 9.97. The van der Waals surface area contributed by atoms with Crippen molar-refractivity contribution in [1.82, 2.24) is 4.57 Å². The Hall–Kier alpha value is -0.705. The number of aryl methyl sites for hydroxylation is 1. The van der Waals surface area contributed by atoms with Gasteiger partial charge in [-0.05, 0) is 40.3 Å². The van der Waals surface area contributed by atoms with E-state index in [9.17, 15) is 0 Å². The van der Waals surface area contributed by atoms with Gasteiger partial charge in [-0.15, -0.1) is 0 Å². The van der Waals surface area contributed by atoms with Crippen LogP contribution in [0.1, 0.15) is 0 Å². The van der Waals surface area contributed by atoms with E-state index in [1.165, 1.54) is 14.6 Å². The highest BCUT2D eigenvalue weighted by molar-refractivity contribution is 14.1. The Morgan fingerprint density at radius 3 is 2.57 bits per heavy atom. The molecule has 0 fully saturated rings. The van der Waals surface area contributed by atoms with Crippen LogP contribution in [-0.2, 0) is 7.05 Å². The maximum Gasteiger partial charge on any atom is 0.214 e. The Bertz CT molecular complexity index is 436. The summed E-state index contributed by atoms with van der Waals surface area (Å²) in [5.41, 5.74) is 2.75. The smallest absolute Gasteiger partial charge is 0.214 e. The van der Waals surface area contributed by atoms with Crippen molar-refractivity contribution in [3.63, 3.8) is 0 Å². The van der Waals surface area contributed by atoms with Crippen LogP contribution in [0.2, 0.25) is 0 Å². The Morgan fingerprint density at radius 2 is 1.93 bits per heavy atom. The number of rotatable bonds is 2. The van der Waals surface area contributed by atoms with E-state index < -0.39 is 0 Å². The normalized spacial score (nSPS) is 10.1. The molecule has 0 amide bonds. The SMILES string of the molecule is Cn1cccc1Bc1ccccc1I. The van der Waals surface area contributed by atoms with Crippen LogP contribution in [0.4, 0.5) is 0 Å². The summed E-state index contributed by atoms with van der Waals surface area (Å²) < 4.78 is 3.51. The van der Waals surface area contributed by atoms with E-state index in [0.717, 1.165) is 7.28 Å². The summed E-state index contributed by atoms with van der Waals surface area (Å²) in [5, 5.41) is 0. The van der Waals surface area contributed by atoms with Crippen LogP contribution in [0.25, 0.3) is 0 Å². The molecule has 0 aliphatic rings. The number of halogens is 1. The van der Waals surface area contributed by atoms with Crippen molar-refractivity contribution in [2.75, 3.05) is 0 Å². The van der Waals surface area contributed by atoms with E-state index in [1.807, 2.05) is 0 Å². The Balaban J connectivity index is 2.28. The lowest BCUT2D eigenvalue weighted by Crippen LogP contribution is -2.33. The first-order valence-electron chi connectivity index (χ1n) is 4.61. The molecule has 1 nitrogen and oxygen atoms in total. The molecule has 1 aromatic carbocycles. The fourth-order valence-electron chi connectivity index (χ4n) is 1.52. The van der Waals surface area contributed by atoms with Gasteiger partial charge in [-0.1, -0.05) is 29.7 Å². The molecule has 0 saturated heterocycles. The molecule has 0 aliphatic carbocycles. The minimum absolute atomic E-state index is 1.02. The molecule has 14 heavy (non-hydrogen) atoms. The second-order valence-electron chi connectivity index (χ2n) is 3.38. The monoisotopic (exact) mass is 295 g/mol. The molecular weight excluding hydrogens is 284 g/mol. The van der Waals surface area contributed by atoms with E-state index in [-0.39, 0.29) is 0 Å². The predicted molar refractivity (Wildman–Crippen MR) is 71.0 cm³/mol. The van der Waals surface area contributed by atoms with Crippen molar-refractivity contribution in [1.29, 1.82) is 0 Å². The van der Waals surface area contributed by atoms with E-state index in [2.05, 4.69) is 76.8 Å². The molecule has 0 saturated carbocycles. The van der Waals surface area contributed by atoms with Gasteiger partial charge < -0.3 is 4.57 Å². The lowest BCUT2D eigenvalue weighted by atomic mass is 9.67. The van der Waals surface area contributed by atoms with Gasteiger partial charge in [0.05, 0.1) is 0 Å². The maximum absolute atomic E-state index is 2.39. The first kappa shape index (κ1) is 9.83. The summed E-state index contributed by atoms with van der Waals surface area (Å²) >= 11 is 2.39. The van der Waals surface area contributed by atoms with Crippen molar-refractivity contribution in [3.8, 4) is 0 Å². The average molecular weight is 295 g/mol. The summed E-state index contributed by atoms with van der Waals surface area (Å²) in [6, 6.07) is 12.8. The lowest BCUT2D eigenvalue weighted by Gasteiger charge is -2.03. The number of aromatic nitrogens is 1. The van der Waals surface area contributed by atoms with Crippen molar-refractivity contribution < 1.29 is 0 Å². The predicted octanol–water partition coefficient (Wildman–Crippen LogP) is 1.02. The Kier molecular flexibility index (Phi) is 2.96. The first-order valence-corrected chi connectivity index (χ1v) is 5.69. The van der Waals surface area contributed by atoms with Gasteiger partial charge in [0.1, 0.15) is 0 Å². The summed E-state index contributed by atoms with van der Waals surface area (Å²) in [6.45, 7) is 0. The van der Waals surface area contributed by atoms with Gasteiger partial charge in [-0.25, -0.2) is 0 Å². The van der Waals surface area contributed by atoms with Crippen LogP contribution in [0.15, 0.2) is 42.6 Å². The number of hydrogen-bond donors (Lipinski definition) is 0.